The van der Waals surface area contributed by atoms with Crippen molar-refractivity contribution < 1.29 is 15.0 Å². The number of nitrogens with zero attached hydrogens (tertiary/aromatic N) is 2. The number of carboxylic acid groups (broad SMARTS) is 1. The van der Waals surface area contributed by atoms with Gasteiger partial charge < -0.3 is 14.8 Å². The maximum Gasteiger partial charge on any atom is 0.304 e. The summed E-state index contributed by atoms with van der Waals surface area (Å²) in [4.78, 5) is 15.5. The van der Waals surface area contributed by atoms with E-state index in [1.54, 1.807) is 30.5 Å². The summed E-state index contributed by atoms with van der Waals surface area (Å²) in [6.07, 6.45) is 2.60. The van der Waals surface area contributed by atoms with Crippen LogP contribution in [0.3, 0.4) is 0 Å². The number of carboxylic acids is 1. The van der Waals surface area contributed by atoms with Gasteiger partial charge in [0.2, 0.25) is 0 Å². The summed E-state index contributed by atoms with van der Waals surface area (Å²) in [6, 6.07) is 6.61. The van der Waals surface area contributed by atoms with Crippen molar-refractivity contribution in [3.05, 3.63) is 47.5 Å². The first-order chi connectivity index (χ1) is 9.52. The number of phenolic OH excluding ortho intramolecular Hbond substituents is 1. The van der Waals surface area contributed by atoms with Crippen LogP contribution in [0.2, 0.25) is 0 Å². The highest BCUT2D eigenvalue weighted by Gasteiger charge is 2.22. The van der Waals surface area contributed by atoms with Crippen molar-refractivity contribution in [2.24, 2.45) is 7.05 Å². The topological polar surface area (TPSA) is 75.3 Å². The van der Waals surface area contributed by atoms with E-state index in [4.69, 9.17) is 5.11 Å². The van der Waals surface area contributed by atoms with Crippen LogP contribution in [0, 0.1) is 0 Å². The summed E-state index contributed by atoms with van der Waals surface area (Å²) in [5, 5.41) is 18.5. The summed E-state index contributed by atoms with van der Waals surface area (Å²) >= 11 is 0. The summed E-state index contributed by atoms with van der Waals surface area (Å²) in [6.45, 7) is 2.04. The fraction of sp³-hybridized carbons (Fsp3) is 0.333. The average Bonchev–Trinajstić information content (AvgIpc) is 2.78. The lowest BCUT2D eigenvalue weighted by atomic mass is 9.94. The van der Waals surface area contributed by atoms with Gasteiger partial charge in [-0.25, -0.2) is 4.98 Å². The number of aromatic hydroxyl groups is 1. The van der Waals surface area contributed by atoms with Gasteiger partial charge in [-0.1, -0.05) is 19.1 Å². The molecule has 0 fully saturated rings. The van der Waals surface area contributed by atoms with Gasteiger partial charge in [-0.2, -0.15) is 0 Å². The van der Waals surface area contributed by atoms with Crippen LogP contribution in [0.4, 0.5) is 0 Å². The minimum atomic E-state index is -0.871. The second kappa shape index (κ2) is 5.77. The van der Waals surface area contributed by atoms with Crippen LogP contribution in [-0.2, 0) is 18.3 Å². The van der Waals surface area contributed by atoms with E-state index in [0.717, 1.165) is 23.5 Å². The third-order valence-corrected chi connectivity index (χ3v) is 3.47. The van der Waals surface area contributed by atoms with Crippen LogP contribution >= 0.6 is 0 Å². The molecule has 0 aliphatic rings. The second-order valence-electron chi connectivity index (χ2n) is 4.76. The first kappa shape index (κ1) is 14.1. The molecular formula is C15H18N2O3. The van der Waals surface area contributed by atoms with Crippen LogP contribution < -0.4 is 0 Å². The SMILES string of the molecule is CCc1cnc(C(CC(=O)O)c2ccc(O)cc2)n1C. The van der Waals surface area contributed by atoms with Gasteiger partial charge in [0, 0.05) is 18.9 Å². The zero-order valence-corrected chi connectivity index (χ0v) is 11.6. The molecule has 0 bridgehead atoms. The number of phenols is 1. The number of aliphatic carboxylic acids is 1. The lowest BCUT2D eigenvalue weighted by Gasteiger charge is -2.16. The minimum Gasteiger partial charge on any atom is -0.508 e. The Morgan fingerprint density at radius 2 is 2.00 bits per heavy atom. The number of hydrogen-bond acceptors (Lipinski definition) is 3. The molecular weight excluding hydrogens is 256 g/mol. The first-order valence-electron chi connectivity index (χ1n) is 6.54. The minimum absolute atomic E-state index is 0.0290. The van der Waals surface area contributed by atoms with Gasteiger partial charge in [0.1, 0.15) is 11.6 Å². The molecule has 106 valence electrons. The molecule has 0 radical (unpaired) electrons. The number of aromatic nitrogens is 2. The van der Waals surface area contributed by atoms with Crippen LogP contribution in [0.1, 0.15) is 36.3 Å². The molecule has 1 aromatic carbocycles. The molecule has 0 amide bonds. The Hall–Kier alpha value is -2.30. The van der Waals surface area contributed by atoms with Gasteiger partial charge in [-0.05, 0) is 24.1 Å². The van der Waals surface area contributed by atoms with E-state index < -0.39 is 5.97 Å². The lowest BCUT2D eigenvalue weighted by Crippen LogP contribution is -2.13. The largest absolute Gasteiger partial charge is 0.508 e. The third-order valence-electron chi connectivity index (χ3n) is 3.47. The van der Waals surface area contributed by atoms with Crippen molar-refractivity contribution >= 4 is 5.97 Å². The summed E-state index contributed by atoms with van der Waals surface area (Å²) in [7, 11) is 1.90. The molecule has 1 unspecified atom stereocenters. The van der Waals surface area contributed by atoms with Gasteiger partial charge in [0.25, 0.3) is 0 Å². The Labute approximate surface area is 117 Å². The maximum atomic E-state index is 11.1. The molecule has 0 aliphatic carbocycles. The summed E-state index contributed by atoms with van der Waals surface area (Å²) in [5.41, 5.74) is 1.90. The van der Waals surface area contributed by atoms with Crippen LogP contribution in [0.15, 0.2) is 30.5 Å². The van der Waals surface area contributed by atoms with Gasteiger partial charge in [0.05, 0.1) is 12.3 Å². The molecule has 5 heteroatoms. The number of hydrogen-bond donors (Lipinski definition) is 2. The quantitative estimate of drug-likeness (QED) is 0.877. The fourth-order valence-electron chi connectivity index (χ4n) is 2.35. The predicted octanol–water partition coefficient (Wildman–Crippen LogP) is 2.29. The molecule has 1 aromatic heterocycles. The smallest absolute Gasteiger partial charge is 0.304 e. The lowest BCUT2D eigenvalue weighted by molar-refractivity contribution is -0.137. The van der Waals surface area contributed by atoms with E-state index in [9.17, 15) is 9.90 Å². The van der Waals surface area contributed by atoms with E-state index in [1.807, 2.05) is 18.5 Å². The average molecular weight is 274 g/mol. The Bertz CT molecular complexity index is 602. The molecule has 2 aromatic rings. The van der Waals surface area contributed by atoms with Gasteiger partial charge >= 0.3 is 5.97 Å². The second-order valence-corrected chi connectivity index (χ2v) is 4.76. The highest BCUT2D eigenvalue weighted by atomic mass is 16.4. The highest BCUT2D eigenvalue weighted by Crippen LogP contribution is 2.28. The third kappa shape index (κ3) is 2.82. The molecule has 1 atom stereocenters. The standard InChI is InChI=1S/C15H18N2O3/c1-3-11-9-16-15(17(11)2)13(8-14(19)20)10-4-6-12(18)7-5-10/h4-7,9,13,18H,3,8H2,1-2H3,(H,19,20). The number of imidazole rings is 1. The number of rotatable bonds is 5. The Kier molecular flexibility index (Phi) is 4.08. The molecule has 2 N–H and O–H groups in total. The molecule has 5 nitrogen and oxygen atoms in total. The van der Waals surface area contributed by atoms with Crippen LogP contribution in [0.5, 0.6) is 5.75 Å². The van der Waals surface area contributed by atoms with Crippen molar-refractivity contribution in [3.8, 4) is 5.75 Å². The zero-order chi connectivity index (χ0) is 14.7. The van der Waals surface area contributed by atoms with E-state index in [1.165, 1.54) is 0 Å². The van der Waals surface area contributed by atoms with Crippen molar-refractivity contribution in [2.75, 3.05) is 0 Å². The molecule has 2 rings (SSSR count). The molecule has 0 spiro atoms. The molecule has 0 saturated carbocycles. The van der Waals surface area contributed by atoms with Gasteiger partial charge in [-0.15, -0.1) is 0 Å². The monoisotopic (exact) mass is 274 g/mol. The van der Waals surface area contributed by atoms with E-state index >= 15 is 0 Å². The van der Waals surface area contributed by atoms with Crippen molar-refractivity contribution in [1.82, 2.24) is 9.55 Å². The van der Waals surface area contributed by atoms with E-state index in [0.29, 0.717) is 0 Å². The summed E-state index contributed by atoms with van der Waals surface area (Å²) in [5.74, 6) is -0.297. The van der Waals surface area contributed by atoms with Crippen molar-refractivity contribution in [2.45, 2.75) is 25.7 Å². The highest BCUT2D eigenvalue weighted by molar-refractivity contribution is 5.68. The Morgan fingerprint density at radius 3 is 2.50 bits per heavy atom. The Morgan fingerprint density at radius 1 is 1.35 bits per heavy atom. The summed E-state index contributed by atoms with van der Waals surface area (Å²) < 4.78 is 1.94. The normalized spacial score (nSPS) is 12.3. The molecule has 0 aliphatic heterocycles. The van der Waals surface area contributed by atoms with Crippen molar-refractivity contribution in [3.63, 3.8) is 0 Å². The fourth-order valence-corrected chi connectivity index (χ4v) is 2.35. The molecule has 20 heavy (non-hydrogen) atoms. The van der Waals surface area contributed by atoms with Gasteiger partial charge in [0.15, 0.2) is 0 Å². The van der Waals surface area contributed by atoms with Crippen molar-refractivity contribution in [1.29, 1.82) is 0 Å². The molecule has 1 heterocycles. The first-order valence-corrected chi connectivity index (χ1v) is 6.54. The van der Waals surface area contributed by atoms with E-state index in [2.05, 4.69) is 4.98 Å². The number of carbonyl (C=O) groups is 1. The zero-order valence-electron chi connectivity index (χ0n) is 11.6. The van der Waals surface area contributed by atoms with Crippen LogP contribution in [-0.4, -0.2) is 25.7 Å². The number of aryl methyl sites for hydroxylation is 1. The van der Waals surface area contributed by atoms with E-state index in [-0.39, 0.29) is 18.1 Å². The van der Waals surface area contributed by atoms with Gasteiger partial charge in [-0.3, -0.25) is 4.79 Å². The molecule has 0 saturated heterocycles. The Balaban J connectivity index is 2.43. The van der Waals surface area contributed by atoms with Crippen LogP contribution in [0.25, 0.3) is 0 Å². The predicted molar refractivity (Wildman–Crippen MR) is 74.8 cm³/mol. The number of benzene rings is 1. The maximum absolute atomic E-state index is 11.1.